The summed E-state index contributed by atoms with van der Waals surface area (Å²) in [5, 5.41) is 1.41. The summed E-state index contributed by atoms with van der Waals surface area (Å²) in [6.07, 6.45) is 0. The second-order valence-electron chi connectivity index (χ2n) is 5.97. The second-order valence-corrected chi connectivity index (χ2v) is 5.97. The van der Waals surface area contributed by atoms with Gasteiger partial charge in [0.05, 0.1) is 5.52 Å². The van der Waals surface area contributed by atoms with E-state index in [0.717, 1.165) is 0 Å². The van der Waals surface area contributed by atoms with Crippen molar-refractivity contribution in [1.29, 1.82) is 0 Å². The number of benzene rings is 2. The molecule has 0 aliphatic carbocycles. The minimum atomic E-state index is 0.548. The quantitative estimate of drug-likeness (QED) is 0.560. The molecule has 2 aromatic carbocycles. The second kappa shape index (κ2) is 3.99. The van der Waals surface area contributed by atoms with Crippen LogP contribution in [0.15, 0.2) is 48.5 Å². The molecule has 20 heavy (non-hydrogen) atoms. The van der Waals surface area contributed by atoms with E-state index in [2.05, 4.69) is 73.9 Å². The van der Waals surface area contributed by atoms with E-state index in [1.165, 1.54) is 33.3 Å². The Kier molecular flexibility index (Phi) is 2.35. The molecule has 4 rings (SSSR count). The van der Waals surface area contributed by atoms with Crippen LogP contribution in [0.5, 0.6) is 0 Å². The molecule has 1 aliphatic rings. The molecule has 1 aliphatic heterocycles. The minimum Gasteiger partial charge on any atom is -0.341 e. The average molecular weight is 261 g/mol. The first kappa shape index (κ1) is 11.8. The Labute approximate surface area is 119 Å². The molecule has 0 bridgehead atoms. The topological polar surface area (TPSA) is 4.93 Å². The Hall–Kier alpha value is -2.02. The molecule has 1 aromatic heterocycles. The Bertz CT molecular complexity index is 795. The van der Waals surface area contributed by atoms with Crippen molar-refractivity contribution in [2.24, 2.45) is 0 Å². The predicted octanol–water partition coefficient (Wildman–Crippen LogP) is 5.29. The highest BCUT2D eigenvalue weighted by atomic mass is 15.1. The van der Waals surface area contributed by atoms with Gasteiger partial charge in [0.2, 0.25) is 0 Å². The SMILES string of the molecule is Cc1c(-c2ccccc2)c2cccc3c2n1[C@@H](C)[C@@H]3C. The van der Waals surface area contributed by atoms with Crippen molar-refractivity contribution < 1.29 is 0 Å². The number of nitrogens with zero attached hydrogens (tertiary/aromatic N) is 1. The Balaban J connectivity index is 2.14. The molecule has 0 unspecified atom stereocenters. The first-order valence-corrected chi connectivity index (χ1v) is 7.39. The zero-order valence-corrected chi connectivity index (χ0v) is 12.2. The summed E-state index contributed by atoms with van der Waals surface area (Å²) in [5.41, 5.74) is 7.08. The lowest BCUT2D eigenvalue weighted by Crippen LogP contribution is -2.06. The molecule has 100 valence electrons. The van der Waals surface area contributed by atoms with Gasteiger partial charge in [0.25, 0.3) is 0 Å². The lowest BCUT2D eigenvalue weighted by Gasteiger charge is -2.16. The van der Waals surface area contributed by atoms with E-state index in [0.29, 0.717) is 12.0 Å². The normalized spacial score (nSPS) is 20.8. The number of aromatic nitrogens is 1. The third-order valence-electron chi connectivity index (χ3n) is 4.98. The smallest absolute Gasteiger partial charge is 0.0527 e. The summed E-state index contributed by atoms with van der Waals surface area (Å²) in [6.45, 7) is 6.95. The van der Waals surface area contributed by atoms with E-state index in [9.17, 15) is 0 Å². The van der Waals surface area contributed by atoms with Gasteiger partial charge >= 0.3 is 0 Å². The highest BCUT2D eigenvalue weighted by Crippen LogP contribution is 2.47. The van der Waals surface area contributed by atoms with Gasteiger partial charge in [-0.3, -0.25) is 0 Å². The van der Waals surface area contributed by atoms with E-state index < -0.39 is 0 Å². The highest BCUT2D eigenvalue weighted by Gasteiger charge is 2.31. The third kappa shape index (κ3) is 1.33. The summed E-state index contributed by atoms with van der Waals surface area (Å²) >= 11 is 0. The van der Waals surface area contributed by atoms with Crippen LogP contribution < -0.4 is 0 Å². The maximum atomic E-state index is 2.54. The van der Waals surface area contributed by atoms with Crippen molar-refractivity contribution in [1.82, 2.24) is 4.57 Å². The van der Waals surface area contributed by atoms with Gasteiger partial charge in [-0.2, -0.15) is 0 Å². The van der Waals surface area contributed by atoms with Crippen LogP contribution in [-0.4, -0.2) is 4.57 Å². The molecule has 1 nitrogen and oxygen atoms in total. The molecule has 2 heterocycles. The van der Waals surface area contributed by atoms with E-state index in [4.69, 9.17) is 0 Å². The van der Waals surface area contributed by atoms with Gasteiger partial charge in [-0.1, -0.05) is 55.5 Å². The van der Waals surface area contributed by atoms with Gasteiger partial charge in [0, 0.05) is 28.6 Å². The van der Waals surface area contributed by atoms with Crippen molar-refractivity contribution in [3.05, 3.63) is 59.8 Å². The van der Waals surface area contributed by atoms with Gasteiger partial charge in [-0.25, -0.2) is 0 Å². The zero-order valence-electron chi connectivity index (χ0n) is 12.2. The molecule has 3 aromatic rings. The largest absolute Gasteiger partial charge is 0.341 e. The first-order chi connectivity index (χ1) is 9.70. The lowest BCUT2D eigenvalue weighted by molar-refractivity contribution is 0.507. The molecule has 0 amide bonds. The molecule has 2 atom stereocenters. The number of para-hydroxylation sites is 1. The first-order valence-electron chi connectivity index (χ1n) is 7.39. The summed E-state index contributed by atoms with van der Waals surface area (Å²) < 4.78 is 2.54. The van der Waals surface area contributed by atoms with Crippen LogP contribution in [-0.2, 0) is 0 Å². The molecule has 0 saturated carbocycles. The summed E-state index contributed by atoms with van der Waals surface area (Å²) in [6, 6.07) is 18.1. The molecular formula is C19H19N. The molecular weight excluding hydrogens is 242 g/mol. The molecule has 0 spiro atoms. The van der Waals surface area contributed by atoms with Crippen LogP contribution in [0.1, 0.15) is 37.1 Å². The summed E-state index contributed by atoms with van der Waals surface area (Å²) in [4.78, 5) is 0. The zero-order chi connectivity index (χ0) is 13.9. The monoisotopic (exact) mass is 261 g/mol. The van der Waals surface area contributed by atoms with Gasteiger partial charge < -0.3 is 4.57 Å². The molecule has 1 heteroatoms. The Morgan fingerprint density at radius 3 is 2.40 bits per heavy atom. The minimum absolute atomic E-state index is 0.548. The van der Waals surface area contributed by atoms with Crippen LogP contribution in [0.3, 0.4) is 0 Å². The van der Waals surface area contributed by atoms with Gasteiger partial charge in [0.15, 0.2) is 0 Å². The number of rotatable bonds is 1. The number of hydrogen-bond acceptors (Lipinski definition) is 0. The fourth-order valence-corrected chi connectivity index (χ4v) is 3.84. The van der Waals surface area contributed by atoms with E-state index in [-0.39, 0.29) is 0 Å². The molecule has 0 N–H and O–H groups in total. The fourth-order valence-electron chi connectivity index (χ4n) is 3.84. The predicted molar refractivity (Wildman–Crippen MR) is 85.2 cm³/mol. The van der Waals surface area contributed by atoms with Crippen molar-refractivity contribution >= 4 is 10.9 Å². The van der Waals surface area contributed by atoms with Crippen molar-refractivity contribution in [3.63, 3.8) is 0 Å². The van der Waals surface area contributed by atoms with Crippen LogP contribution in [0.4, 0.5) is 0 Å². The van der Waals surface area contributed by atoms with Crippen LogP contribution in [0.25, 0.3) is 22.0 Å². The Morgan fingerprint density at radius 2 is 1.65 bits per heavy atom. The van der Waals surface area contributed by atoms with Crippen molar-refractivity contribution in [2.75, 3.05) is 0 Å². The molecule has 0 fully saturated rings. The molecule has 0 radical (unpaired) electrons. The van der Waals surface area contributed by atoms with Gasteiger partial charge in [-0.15, -0.1) is 0 Å². The van der Waals surface area contributed by atoms with E-state index in [1.54, 1.807) is 0 Å². The van der Waals surface area contributed by atoms with Crippen LogP contribution >= 0.6 is 0 Å². The fraction of sp³-hybridized carbons (Fsp3) is 0.263. The highest BCUT2D eigenvalue weighted by molar-refractivity contribution is 6.00. The average Bonchev–Trinajstić information content (AvgIpc) is 2.91. The number of hydrogen-bond donors (Lipinski definition) is 0. The summed E-state index contributed by atoms with van der Waals surface area (Å²) in [7, 11) is 0. The maximum absolute atomic E-state index is 2.54. The van der Waals surface area contributed by atoms with Crippen molar-refractivity contribution in [2.45, 2.75) is 32.7 Å². The van der Waals surface area contributed by atoms with Gasteiger partial charge in [0.1, 0.15) is 0 Å². The van der Waals surface area contributed by atoms with Crippen LogP contribution in [0, 0.1) is 6.92 Å². The van der Waals surface area contributed by atoms with Crippen LogP contribution in [0.2, 0.25) is 0 Å². The van der Waals surface area contributed by atoms with Crippen molar-refractivity contribution in [3.8, 4) is 11.1 Å². The van der Waals surface area contributed by atoms with E-state index in [1.807, 2.05) is 0 Å². The maximum Gasteiger partial charge on any atom is 0.0527 e. The van der Waals surface area contributed by atoms with Gasteiger partial charge in [-0.05, 0) is 25.0 Å². The van der Waals surface area contributed by atoms with E-state index >= 15 is 0 Å². The molecule has 0 saturated heterocycles. The Morgan fingerprint density at radius 1 is 0.900 bits per heavy atom. The summed E-state index contributed by atoms with van der Waals surface area (Å²) in [5.74, 6) is 0.609. The third-order valence-corrected chi connectivity index (χ3v) is 4.98. The lowest BCUT2D eigenvalue weighted by atomic mass is 9.94. The standard InChI is InChI=1S/C19H19N/c1-12-13(2)20-14(3)18(15-8-5-4-6-9-15)17-11-7-10-16(12)19(17)20/h4-13H,1-3H3/t12-,13-/m0/s1.